The van der Waals surface area contributed by atoms with Crippen molar-refractivity contribution in [2.45, 2.75) is 13.3 Å². The van der Waals surface area contributed by atoms with Gasteiger partial charge in [0.1, 0.15) is 5.69 Å². The van der Waals surface area contributed by atoms with Gasteiger partial charge in [-0.15, -0.1) is 0 Å². The van der Waals surface area contributed by atoms with Crippen molar-refractivity contribution < 1.29 is 4.92 Å². The highest BCUT2D eigenvalue weighted by Gasteiger charge is 2.26. The number of aryl methyl sites for hydroxylation is 1. The third-order valence-corrected chi connectivity index (χ3v) is 2.61. The van der Waals surface area contributed by atoms with Gasteiger partial charge in [-0.1, -0.05) is 6.07 Å². The molecular weight excluding hydrogens is 180 g/mol. The molecule has 14 heavy (non-hydrogen) atoms. The van der Waals surface area contributed by atoms with E-state index in [1.165, 1.54) is 0 Å². The number of hydrogen-bond acceptors (Lipinski definition) is 3. The van der Waals surface area contributed by atoms with Crippen LogP contribution in [0, 0.1) is 17.0 Å². The Morgan fingerprint density at radius 3 is 2.86 bits per heavy atom. The minimum Gasteiger partial charge on any atom is -0.368 e. The monoisotopic (exact) mass is 192 g/mol. The third-order valence-electron chi connectivity index (χ3n) is 2.61. The summed E-state index contributed by atoms with van der Waals surface area (Å²) in [4.78, 5) is 12.5. The molecule has 1 aliphatic rings. The summed E-state index contributed by atoms with van der Waals surface area (Å²) in [5.74, 6) is 0. The Hall–Kier alpha value is -1.58. The van der Waals surface area contributed by atoms with Gasteiger partial charge in [-0.05, 0) is 24.5 Å². The molecule has 74 valence electrons. The Labute approximate surface area is 82.3 Å². The van der Waals surface area contributed by atoms with Crippen molar-refractivity contribution in [1.29, 1.82) is 0 Å². The van der Waals surface area contributed by atoms with Crippen LogP contribution in [0.15, 0.2) is 12.1 Å². The van der Waals surface area contributed by atoms with Gasteiger partial charge in [0.05, 0.1) is 4.92 Å². The molecule has 0 N–H and O–H groups in total. The highest BCUT2D eigenvalue weighted by Crippen LogP contribution is 2.36. The molecule has 0 amide bonds. The van der Waals surface area contributed by atoms with Gasteiger partial charge in [0, 0.05) is 19.7 Å². The number of nitrogens with zero attached hydrogens (tertiary/aromatic N) is 2. The second-order valence-electron chi connectivity index (χ2n) is 3.72. The van der Waals surface area contributed by atoms with Gasteiger partial charge in [0.25, 0.3) is 5.69 Å². The van der Waals surface area contributed by atoms with Crippen LogP contribution in [-0.2, 0) is 6.42 Å². The second-order valence-corrected chi connectivity index (χ2v) is 3.72. The Balaban J connectivity index is 2.65. The Bertz CT molecular complexity index is 401. The van der Waals surface area contributed by atoms with Crippen LogP contribution in [0.4, 0.5) is 11.4 Å². The molecule has 0 spiro atoms. The predicted molar refractivity (Wildman–Crippen MR) is 54.8 cm³/mol. The molecule has 1 aromatic rings. The number of fused-ring (bicyclic) bond motifs is 1. The molecule has 0 saturated heterocycles. The molecule has 4 nitrogen and oxygen atoms in total. The van der Waals surface area contributed by atoms with Crippen LogP contribution in [0.25, 0.3) is 0 Å². The molecular formula is C10H12N2O2. The van der Waals surface area contributed by atoms with E-state index >= 15 is 0 Å². The first-order chi connectivity index (χ1) is 6.59. The summed E-state index contributed by atoms with van der Waals surface area (Å²) in [7, 11) is 1.90. The van der Waals surface area contributed by atoms with Crippen molar-refractivity contribution >= 4 is 11.4 Å². The number of hydrogen-bond donors (Lipinski definition) is 0. The minimum atomic E-state index is -0.298. The molecule has 0 atom stereocenters. The first kappa shape index (κ1) is 8.99. The smallest absolute Gasteiger partial charge is 0.293 e. The van der Waals surface area contributed by atoms with Crippen LogP contribution in [0.5, 0.6) is 0 Å². The summed E-state index contributed by atoms with van der Waals surface area (Å²) in [5.41, 5.74) is 3.09. The number of rotatable bonds is 1. The predicted octanol–water partition coefficient (Wildman–Crippen LogP) is 1.90. The van der Waals surface area contributed by atoms with Gasteiger partial charge in [-0.2, -0.15) is 0 Å². The summed E-state index contributed by atoms with van der Waals surface area (Å²) in [6.45, 7) is 2.77. The topological polar surface area (TPSA) is 46.4 Å². The van der Waals surface area contributed by atoms with Gasteiger partial charge in [0.15, 0.2) is 0 Å². The van der Waals surface area contributed by atoms with E-state index < -0.39 is 0 Å². The number of nitro groups is 1. The summed E-state index contributed by atoms with van der Waals surface area (Å²) in [6.07, 6.45) is 0.911. The van der Waals surface area contributed by atoms with Crippen molar-refractivity contribution in [3.63, 3.8) is 0 Å². The zero-order valence-corrected chi connectivity index (χ0v) is 8.28. The van der Waals surface area contributed by atoms with Crippen molar-refractivity contribution in [3.05, 3.63) is 33.4 Å². The van der Waals surface area contributed by atoms with Crippen LogP contribution >= 0.6 is 0 Å². The van der Waals surface area contributed by atoms with E-state index in [0.717, 1.165) is 29.8 Å². The zero-order valence-electron chi connectivity index (χ0n) is 8.28. The van der Waals surface area contributed by atoms with Crippen LogP contribution in [0.2, 0.25) is 0 Å². The standard InChI is InChI=1S/C10H12N2O2/c1-7-5-8-3-4-11(2)10(8)9(6-7)12(13)14/h5-6H,3-4H2,1-2H3. The van der Waals surface area contributed by atoms with Crippen molar-refractivity contribution in [3.8, 4) is 0 Å². The molecule has 1 aliphatic heterocycles. The fourth-order valence-corrected chi connectivity index (χ4v) is 2.00. The normalized spacial score (nSPS) is 14.3. The van der Waals surface area contributed by atoms with E-state index in [-0.39, 0.29) is 10.6 Å². The molecule has 2 rings (SSSR count). The Kier molecular flexibility index (Phi) is 1.91. The lowest BCUT2D eigenvalue weighted by molar-refractivity contribution is -0.384. The largest absolute Gasteiger partial charge is 0.368 e. The molecule has 1 heterocycles. The highest BCUT2D eigenvalue weighted by molar-refractivity contribution is 5.71. The van der Waals surface area contributed by atoms with Crippen molar-refractivity contribution in [2.75, 3.05) is 18.5 Å². The molecule has 1 aromatic carbocycles. The average molecular weight is 192 g/mol. The number of nitro benzene ring substituents is 1. The zero-order chi connectivity index (χ0) is 10.3. The lowest BCUT2D eigenvalue weighted by atomic mass is 10.1. The van der Waals surface area contributed by atoms with Crippen molar-refractivity contribution in [2.24, 2.45) is 0 Å². The van der Waals surface area contributed by atoms with E-state index in [1.807, 2.05) is 24.9 Å². The average Bonchev–Trinajstić information content (AvgIpc) is 2.46. The lowest BCUT2D eigenvalue weighted by Crippen LogP contribution is -2.13. The van der Waals surface area contributed by atoms with E-state index in [4.69, 9.17) is 0 Å². The highest BCUT2D eigenvalue weighted by atomic mass is 16.6. The van der Waals surface area contributed by atoms with Gasteiger partial charge in [-0.3, -0.25) is 10.1 Å². The molecule has 4 heteroatoms. The summed E-state index contributed by atoms with van der Waals surface area (Å²) in [5, 5.41) is 10.8. The Morgan fingerprint density at radius 1 is 1.50 bits per heavy atom. The Morgan fingerprint density at radius 2 is 2.21 bits per heavy atom. The van der Waals surface area contributed by atoms with Gasteiger partial charge < -0.3 is 4.90 Å². The maximum Gasteiger partial charge on any atom is 0.293 e. The van der Waals surface area contributed by atoms with Crippen LogP contribution in [-0.4, -0.2) is 18.5 Å². The fourth-order valence-electron chi connectivity index (χ4n) is 2.00. The second kappa shape index (κ2) is 2.97. The molecule has 0 unspecified atom stereocenters. The first-order valence-electron chi connectivity index (χ1n) is 4.58. The molecule has 0 fully saturated rings. The summed E-state index contributed by atoms with van der Waals surface area (Å²) >= 11 is 0. The fraction of sp³-hybridized carbons (Fsp3) is 0.400. The third kappa shape index (κ3) is 1.23. The van der Waals surface area contributed by atoms with E-state index in [9.17, 15) is 10.1 Å². The first-order valence-corrected chi connectivity index (χ1v) is 4.58. The van der Waals surface area contributed by atoms with Crippen LogP contribution in [0.1, 0.15) is 11.1 Å². The van der Waals surface area contributed by atoms with Gasteiger partial charge in [-0.25, -0.2) is 0 Å². The molecule has 0 bridgehead atoms. The van der Waals surface area contributed by atoms with E-state index in [1.54, 1.807) is 6.07 Å². The summed E-state index contributed by atoms with van der Waals surface area (Å²) < 4.78 is 0. The summed E-state index contributed by atoms with van der Waals surface area (Å²) in [6, 6.07) is 3.67. The quantitative estimate of drug-likeness (QED) is 0.504. The van der Waals surface area contributed by atoms with Gasteiger partial charge >= 0.3 is 0 Å². The molecule has 0 aliphatic carbocycles. The number of benzene rings is 1. The van der Waals surface area contributed by atoms with E-state index in [2.05, 4.69) is 0 Å². The maximum atomic E-state index is 10.8. The molecule has 0 radical (unpaired) electrons. The SMILES string of the molecule is Cc1cc2c(c([N+](=O)[O-])c1)N(C)CC2. The van der Waals surface area contributed by atoms with Crippen LogP contribution in [0.3, 0.4) is 0 Å². The molecule has 0 aromatic heterocycles. The maximum absolute atomic E-state index is 10.8. The van der Waals surface area contributed by atoms with Gasteiger partial charge in [0.2, 0.25) is 0 Å². The molecule has 0 saturated carbocycles. The van der Waals surface area contributed by atoms with Crippen LogP contribution < -0.4 is 4.90 Å². The number of likely N-dealkylation sites (N-methyl/N-ethyl adjacent to an activating group) is 1. The van der Waals surface area contributed by atoms with Crippen molar-refractivity contribution in [1.82, 2.24) is 0 Å². The lowest BCUT2D eigenvalue weighted by Gasteiger charge is -2.12. The minimum absolute atomic E-state index is 0.236. The van der Waals surface area contributed by atoms with E-state index in [0.29, 0.717) is 0 Å². The number of anilines is 1.